The van der Waals surface area contributed by atoms with Crippen molar-refractivity contribution in [1.29, 1.82) is 0 Å². The smallest absolute Gasteiger partial charge is 0.307 e. The molecule has 92 valence electrons. The van der Waals surface area contributed by atoms with Gasteiger partial charge in [-0.3, -0.25) is 9.59 Å². The fourth-order valence-electron chi connectivity index (χ4n) is 1.27. The lowest BCUT2D eigenvalue weighted by Gasteiger charge is -2.05. The van der Waals surface area contributed by atoms with Crippen molar-refractivity contribution in [2.45, 2.75) is 13.0 Å². The molecule has 3 N–H and O–H groups in total. The van der Waals surface area contributed by atoms with Gasteiger partial charge < -0.3 is 15.8 Å². The zero-order valence-corrected chi connectivity index (χ0v) is 9.73. The Kier molecular flexibility index (Phi) is 5.16. The van der Waals surface area contributed by atoms with Crippen molar-refractivity contribution in [3.8, 4) is 0 Å². The lowest BCUT2D eigenvalue weighted by atomic mass is 10.1. The summed E-state index contributed by atoms with van der Waals surface area (Å²) in [6.07, 6.45) is 0.170. The van der Waals surface area contributed by atoms with Gasteiger partial charge in [0.05, 0.1) is 13.5 Å². The van der Waals surface area contributed by atoms with Crippen molar-refractivity contribution in [2.75, 3.05) is 13.7 Å². The summed E-state index contributed by atoms with van der Waals surface area (Å²) in [7, 11) is 1.32. The van der Waals surface area contributed by atoms with Crippen molar-refractivity contribution in [1.82, 2.24) is 5.32 Å². The monoisotopic (exact) mass is 236 g/mol. The van der Waals surface area contributed by atoms with Crippen molar-refractivity contribution < 1.29 is 14.3 Å². The largest absolute Gasteiger partial charge is 0.469 e. The number of nitrogens with one attached hydrogen (secondary N) is 1. The van der Waals surface area contributed by atoms with E-state index in [2.05, 4.69) is 10.1 Å². The minimum absolute atomic E-state index is 0.170. The molecule has 0 spiro atoms. The number of amides is 1. The standard InChI is InChI=1S/C12H16N2O3/c1-17-11(15)6-7-14-12(16)10-4-2-9(8-13)3-5-10/h2-5H,6-8,13H2,1H3,(H,14,16). The predicted octanol–water partition coefficient (Wildman–Crippen LogP) is 0.438. The third-order valence-electron chi connectivity index (χ3n) is 2.29. The van der Waals surface area contributed by atoms with E-state index in [0.717, 1.165) is 5.56 Å². The van der Waals surface area contributed by atoms with Crippen LogP contribution in [0.25, 0.3) is 0 Å². The van der Waals surface area contributed by atoms with E-state index in [4.69, 9.17) is 5.73 Å². The molecule has 0 unspecified atom stereocenters. The van der Waals surface area contributed by atoms with Gasteiger partial charge in [0.15, 0.2) is 0 Å². The molecular weight excluding hydrogens is 220 g/mol. The predicted molar refractivity (Wildman–Crippen MR) is 63.3 cm³/mol. The number of methoxy groups -OCH3 is 1. The number of carbonyl (C=O) groups excluding carboxylic acids is 2. The minimum Gasteiger partial charge on any atom is -0.469 e. The molecule has 0 aliphatic heterocycles. The molecular formula is C12H16N2O3. The zero-order valence-electron chi connectivity index (χ0n) is 9.73. The van der Waals surface area contributed by atoms with Crippen molar-refractivity contribution in [3.63, 3.8) is 0 Å². The van der Waals surface area contributed by atoms with Crippen LogP contribution in [0.4, 0.5) is 0 Å². The first-order valence-corrected chi connectivity index (χ1v) is 5.31. The maximum absolute atomic E-state index is 11.6. The molecule has 0 fully saturated rings. The van der Waals surface area contributed by atoms with Gasteiger partial charge in [-0.2, -0.15) is 0 Å². The average Bonchev–Trinajstić information content (AvgIpc) is 2.38. The third-order valence-corrected chi connectivity index (χ3v) is 2.29. The topological polar surface area (TPSA) is 81.4 Å². The molecule has 1 aromatic carbocycles. The maximum Gasteiger partial charge on any atom is 0.307 e. The molecule has 0 saturated carbocycles. The molecule has 5 nitrogen and oxygen atoms in total. The van der Waals surface area contributed by atoms with Crippen molar-refractivity contribution in [2.24, 2.45) is 5.73 Å². The average molecular weight is 236 g/mol. The van der Waals surface area contributed by atoms with Gasteiger partial charge in [0.1, 0.15) is 0 Å². The molecule has 0 saturated heterocycles. The first-order chi connectivity index (χ1) is 8.17. The Bertz CT molecular complexity index is 387. The fourth-order valence-corrected chi connectivity index (χ4v) is 1.27. The lowest BCUT2D eigenvalue weighted by molar-refractivity contribution is -0.140. The van der Waals surface area contributed by atoms with Gasteiger partial charge in [0, 0.05) is 18.7 Å². The molecule has 0 aliphatic carbocycles. The summed E-state index contributed by atoms with van der Waals surface area (Å²) in [5.41, 5.74) is 6.97. The van der Waals surface area contributed by atoms with Gasteiger partial charge in [-0.25, -0.2) is 0 Å². The van der Waals surface area contributed by atoms with Crippen LogP contribution in [0.3, 0.4) is 0 Å². The number of carbonyl (C=O) groups is 2. The van der Waals surface area contributed by atoms with Gasteiger partial charge in [0.25, 0.3) is 5.91 Å². The molecule has 0 aliphatic rings. The number of esters is 1. The minimum atomic E-state index is -0.344. The normalized spacial score (nSPS) is 9.76. The molecule has 1 rings (SSSR count). The van der Waals surface area contributed by atoms with E-state index in [1.807, 2.05) is 0 Å². The van der Waals surface area contributed by atoms with Gasteiger partial charge in [-0.15, -0.1) is 0 Å². The Labute approximate surface area is 99.9 Å². The zero-order chi connectivity index (χ0) is 12.7. The third kappa shape index (κ3) is 4.24. The number of nitrogens with two attached hydrogens (primary N) is 1. The van der Waals surface area contributed by atoms with Crippen LogP contribution in [0.5, 0.6) is 0 Å². The lowest BCUT2D eigenvalue weighted by Crippen LogP contribution is -2.26. The first-order valence-electron chi connectivity index (χ1n) is 5.31. The fraction of sp³-hybridized carbons (Fsp3) is 0.333. The molecule has 17 heavy (non-hydrogen) atoms. The summed E-state index contributed by atoms with van der Waals surface area (Å²) in [5, 5.41) is 2.63. The highest BCUT2D eigenvalue weighted by Gasteiger charge is 2.06. The SMILES string of the molecule is COC(=O)CCNC(=O)c1ccc(CN)cc1. The van der Waals surface area contributed by atoms with E-state index < -0.39 is 0 Å². The second-order valence-corrected chi connectivity index (χ2v) is 3.48. The summed E-state index contributed by atoms with van der Waals surface area (Å²) in [4.78, 5) is 22.4. The second-order valence-electron chi connectivity index (χ2n) is 3.48. The summed E-state index contributed by atoms with van der Waals surface area (Å²) in [5.74, 6) is -0.554. The van der Waals surface area contributed by atoms with Crippen LogP contribution in [0.1, 0.15) is 22.3 Å². The van der Waals surface area contributed by atoms with E-state index >= 15 is 0 Å². The van der Waals surface area contributed by atoms with Crippen LogP contribution >= 0.6 is 0 Å². The van der Waals surface area contributed by atoms with Crippen LogP contribution in [-0.2, 0) is 16.1 Å². The summed E-state index contributed by atoms with van der Waals surface area (Å²) >= 11 is 0. The molecule has 0 radical (unpaired) electrons. The van der Waals surface area contributed by atoms with Crippen molar-refractivity contribution >= 4 is 11.9 Å². The van der Waals surface area contributed by atoms with Gasteiger partial charge in [-0.05, 0) is 17.7 Å². The number of hydrogen-bond donors (Lipinski definition) is 2. The molecule has 1 amide bonds. The Morgan fingerprint density at radius 2 is 1.94 bits per heavy atom. The molecule has 0 bridgehead atoms. The van der Waals surface area contributed by atoms with E-state index in [9.17, 15) is 9.59 Å². The van der Waals surface area contributed by atoms with Crippen molar-refractivity contribution in [3.05, 3.63) is 35.4 Å². The van der Waals surface area contributed by atoms with Crippen LogP contribution < -0.4 is 11.1 Å². The van der Waals surface area contributed by atoms with Crippen LogP contribution in [0.15, 0.2) is 24.3 Å². The Morgan fingerprint density at radius 3 is 2.47 bits per heavy atom. The quantitative estimate of drug-likeness (QED) is 0.727. The number of hydrogen-bond acceptors (Lipinski definition) is 4. The molecule has 0 heterocycles. The Balaban J connectivity index is 2.44. The highest BCUT2D eigenvalue weighted by Crippen LogP contribution is 2.03. The summed E-state index contributed by atoms with van der Waals surface area (Å²) in [6.45, 7) is 0.717. The molecule has 5 heteroatoms. The number of rotatable bonds is 5. The first kappa shape index (κ1) is 13.2. The van der Waals surface area contributed by atoms with Crippen LogP contribution in [0.2, 0.25) is 0 Å². The van der Waals surface area contributed by atoms with Gasteiger partial charge in [0.2, 0.25) is 0 Å². The van der Waals surface area contributed by atoms with Gasteiger partial charge in [-0.1, -0.05) is 12.1 Å². The highest BCUT2D eigenvalue weighted by atomic mass is 16.5. The molecule has 1 aromatic rings. The van der Waals surface area contributed by atoms with Crippen LogP contribution in [0, 0.1) is 0 Å². The highest BCUT2D eigenvalue weighted by molar-refractivity contribution is 5.94. The second kappa shape index (κ2) is 6.65. The van der Waals surface area contributed by atoms with E-state index in [1.54, 1.807) is 24.3 Å². The van der Waals surface area contributed by atoms with Crippen LogP contribution in [-0.4, -0.2) is 25.5 Å². The number of benzene rings is 1. The van der Waals surface area contributed by atoms with E-state index in [0.29, 0.717) is 12.1 Å². The Hall–Kier alpha value is -1.88. The maximum atomic E-state index is 11.6. The summed E-state index contributed by atoms with van der Waals surface area (Å²) in [6, 6.07) is 7.01. The van der Waals surface area contributed by atoms with Gasteiger partial charge >= 0.3 is 5.97 Å². The van der Waals surface area contributed by atoms with E-state index in [-0.39, 0.29) is 24.8 Å². The molecule has 0 aromatic heterocycles. The van der Waals surface area contributed by atoms with E-state index in [1.165, 1.54) is 7.11 Å². The Morgan fingerprint density at radius 1 is 1.29 bits per heavy atom. The molecule has 0 atom stereocenters. The summed E-state index contributed by atoms with van der Waals surface area (Å²) < 4.78 is 4.46. The number of ether oxygens (including phenoxy) is 1.